The maximum atomic E-state index is 10.4. The van der Waals surface area contributed by atoms with Crippen LogP contribution in [0.3, 0.4) is 0 Å². The number of halogens is 2. The Balaban J connectivity index is 2.45. The van der Waals surface area contributed by atoms with Crippen LogP contribution in [0.25, 0.3) is 0 Å². The Bertz CT molecular complexity index is 568. The fourth-order valence-corrected chi connectivity index (χ4v) is 3.78. The summed E-state index contributed by atoms with van der Waals surface area (Å²) in [4.78, 5) is 2.01. The van der Waals surface area contributed by atoms with Crippen LogP contribution in [0.2, 0.25) is 5.02 Å². The number of aliphatic hydroxyl groups is 1. The number of rotatable bonds is 3. The zero-order valence-electron chi connectivity index (χ0n) is 9.91. The van der Waals surface area contributed by atoms with Gasteiger partial charge < -0.3 is 9.84 Å². The van der Waals surface area contributed by atoms with Gasteiger partial charge >= 0.3 is 0 Å². The average Bonchev–Trinajstić information content (AvgIpc) is 2.67. The summed E-state index contributed by atoms with van der Waals surface area (Å²) in [7, 11) is 1.57. The molecule has 0 fully saturated rings. The summed E-state index contributed by atoms with van der Waals surface area (Å²) in [6.45, 7) is 2.00. The molecule has 1 atom stereocenters. The molecule has 0 bridgehead atoms. The molecule has 1 N–H and O–H groups in total. The van der Waals surface area contributed by atoms with E-state index >= 15 is 0 Å². The summed E-state index contributed by atoms with van der Waals surface area (Å²) in [6.07, 6.45) is -0.717. The van der Waals surface area contributed by atoms with Crippen molar-refractivity contribution in [1.29, 1.82) is 0 Å². The highest BCUT2D eigenvalue weighted by molar-refractivity contribution is 9.10. The van der Waals surface area contributed by atoms with E-state index in [0.717, 1.165) is 14.2 Å². The van der Waals surface area contributed by atoms with Gasteiger partial charge in [-0.25, -0.2) is 0 Å². The zero-order valence-corrected chi connectivity index (χ0v) is 13.1. The molecule has 0 spiro atoms. The van der Waals surface area contributed by atoms with Gasteiger partial charge in [-0.15, -0.1) is 11.3 Å². The molecule has 1 aromatic carbocycles. The van der Waals surface area contributed by atoms with E-state index in [-0.39, 0.29) is 0 Å². The van der Waals surface area contributed by atoms with Gasteiger partial charge in [0.1, 0.15) is 11.9 Å². The van der Waals surface area contributed by atoms with E-state index in [1.54, 1.807) is 36.6 Å². The van der Waals surface area contributed by atoms with Crippen LogP contribution in [0.5, 0.6) is 5.75 Å². The fourth-order valence-electron chi connectivity index (χ4n) is 1.74. The highest BCUT2D eigenvalue weighted by Gasteiger charge is 2.20. The van der Waals surface area contributed by atoms with Crippen LogP contribution >= 0.6 is 38.9 Å². The monoisotopic (exact) mass is 346 g/mol. The molecular weight excluding hydrogens is 336 g/mol. The Hall–Kier alpha value is -0.550. The van der Waals surface area contributed by atoms with E-state index in [1.807, 2.05) is 13.0 Å². The van der Waals surface area contributed by atoms with Crippen LogP contribution < -0.4 is 4.74 Å². The number of thiophene rings is 1. The van der Waals surface area contributed by atoms with Crippen molar-refractivity contribution in [3.63, 3.8) is 0 Å². The molecule has 2 nitrogen and oxygen atoms in total. The predicted molar refractivity (Wildman–Crippen MR) is 78.8 cm³/mol. The normalized spacial score (nSPS) is 12.5. The van der Waals surface area contributed by atoms with Crippen LogP contribution in [0.4, 0.5) is 0 Å². The molecule has 0 aliphatic carbocycles. The van der Waals surface area contributed by atoms with E-state index in [1.165, 1.54) is 0 Å². The first-order valence-electron chi connectivity index (χ1n) is 5.30. The van der Waals surface area contributed by atoms with Gasteiger partial charge in [-0.1, -0.05) is 17.7 Å². The number of ether oxygens (including phenoxy) is 1. The third kappa shape index (κ3) is 2.72. The van der Waals surface area contributed by atoms with Crippen molar-refractivity contribution >= 4 is 38.9 Å². The first kappa shape index (κ1) is 13.9. The molecular formula is C13H12BrClO2S. The van der Waals surface area contributed by atoms with E-state index in [4.69, 9.17) is 16.3 Å². The van der Waals surface area contributed by atoms with Crippen LogP contribution in [-0.4, -0.2) is 12.2 Å². The second kappa shape index (κ2) is 5.61. The maximum absolute atomic E-state index is 10.4. The van der Waals surface area contributed by atoms with Crippen LogP contribution in [0, 0.1) is 6.92 Å². The highest BCUT2D eigenvalue weighted by atomic mass is 79.9. The smallest absolute Gasteiger partial charge is 0.126 e. The molecule has 18 heavy (non-hydrogen) atoms. The number of hydrogen-bond donors (Lipinski definition) is 1. The summed E-state index contributed by atoms with van der Waals surface area (Å²) in [5.41, 5.74) is 0.712. The Kier molecular flexibility index (Phi) is 4.33. The van der Waals surface area contributed by atoms with Crippen molar-refractivity contribution in [3.05, 3.63) is 49.1 Å². The minimum Gasteiger partial charge on any atom is -0.496 e. The third-order valence-electron chi connectivity index (χ3n) is 2.57. The van der Waals surface area contributed by atoms with Crippen molar-refractivity contribution in [1.82, 2.24) is 0 Å². The topological polar surface area (TPSA) is 29.5 Å². The minimum atomic E-state index is -0.717. The maximum Gasteiger partial charge on any atom is 0.126 e. The van der Waals surface area contributed by atoms with Gasteiger partial charge in [-0.3, -0.25) is 0 Å². The van der Waals surface area contributed by atoms with Crippen molar-refractivity contribution in [2.24, 2.45) is 0 Å². The number of aryl methyl sites for hydroxylation is 1. The molecule has 0 amide bonds. The molecule has 2 aromatic rings. The zero-order chi connectivity index (χ0) is 13.3. The second-order valence-corrected chi connectivity index (χ2v) is 6.44. The van der Waals surface area contributed by atoms with Gasteiger partial charge in [-0.05, 0) is 41.1 Å². The van der Waals surface area contributed by atoms with E-state index in [2.05, 4.69) is 15.9 Å². The molecule has 0 radical (unpaired) electrons. The Morgan fingerprint density at radius 1 is 1.39 bits per heavy atom. The summed E-state index contributed by atoms with van der Waals surface area (Å²) >= 11 is 10.9. The van der Waals surface area contributed by atoms with E-state index in [9.17, 15) is 5.11 Å². The lowest BCUT2D eigenvalue weighted by atomic mass is 10.1. The predicted octanol–water partition coefficient (Wildman–Crippen LogP) is 4.56. The van der Waals surface area contributed by atoms with Gasteiger partial charge in [0.2, 0.25) is 0 Å². The molecule has 0 saturated carbocycles. The molecule has 5 heteroatoms. The van der Waals surface area contributed by atoms with Crippen molar-refractivity contribution < 1.29 is 9.84 Å². The Morgan fingerprint density at radius 3 is 2.67 bits per heavy atom. The molecule has 96 valence electrons. The summed E-state index contributed by atoms with van der Waals surface area (Å²) in [5, 5.41) is 11.0. The van der Waals surface area contributed by atoms with Crippen molar-refractivity contribution in [2.75, 3.05) is 7.11 Å². The van der Waals surface area contributed by atoms with Crippen LogP contribution in [0.15, 0.2) is 28.7 Å². The van der Waals surface area contributed by atoms with E-state index < -0.39 is 6.10 Å². The van der Waals surface area contributed by atoms with Crippen LogP contribution in [0.1, 0.15) is 21.4 Å². The number of methoxy groups -OCH3 is 1. The molecule has 0 aliphatic heterocycles. The van der Waals surface area contributed by atoms with Gasteiger partial charge in [0.05, 0.1) is 12.0 Å². The fraction of sp³-hybridized carbons (Fsp3) is 0.231. The van der Waals surface area contributed by atoms with Gasteiger partial charge in [0.15, 0.2) is 0 Å². The van der Waals surface area contributed by atoms with Gasteiger partial charge in [-0.2, -0.15) is 0 Å². The lowest BCUT2D eigenvalue weighted by Gasteiger charge is -2.14. The third-order valence-corrected chi connectivity index (χ3v) is 4.83. The molecule has 0 saturated heterocycles. The quantitative estimate of drug-likeness (QED) is 0.882. The Labute approximate surface area is 123 Å². The number of hydrogen-bond acceptors (Lipinski definition) is 3. The lowest BCUT2D eigenvalue weighted by molar-refractivity contribution is 0.218. The van der Waals surface area contributed by atoms with E-state index in [0.29, 0.717) is 16.3 Å². The first-order valence-corrected chi connectivity index (χ1v) is 7.29. The Morgan fingerprint density at radius 2 is 2.11 bits per heavy atom. The highest BCUT2D eigenvalue weighted by Crippen LogP contribution is 2.39. The van der Waals surface area contributed by atoms with Gasteiger partial charge in [0.25, 0.3) is 0 Å². The van der Waals surface area contributed by atoms with Crippen LogP contribution in [-0.2, 0) is 0 Å². The SMILES string of the molecule is COc1cc(Cl)ccc1C(O)c1sc(C)cc1Br. The lowest BCUT2D eigenvalue weighted by Crippen LogP contribution is -2.01. The summed E-state index contributed by atoms with van der Waals surface area (Å²) < 4.78 is 6.17. The number of benzene rings is 1. The molecule has 2 rings (SSSR count). The molecule has 1 aromatic heterocycles. The first-order chi connectivity index (χ1) is 8.52. The molecule has 1 unspecified atom stereocenters. The van der Waals surface area contributed by atoms with Crippen molar-refractivity contribution in [2.45, 2.75) is 13.0 Å². The largest absolute Gasteiger partial charge is 0.496 e. The molecule has 0 aliphatic rings. The summed E-state index contributed by atoms with van der Waals surface area (Å²) in [5.74, 6) is 0.591. The van der Waals surface area contributed by atoms with Gasteiger partial charge in [0, 0.05) is 19.9 Å². The average molecular weight is 348 g/mol. The number of aliphatic hydroxyl groups excluding tert-OH is 1. The molecule has 1 heterocycles. The summed E-state index contributed by atoms with van der Waals surface area (Å²) in [6, 6.07) is 7.23. The second-order valence-electron chi connectivity index (χ2n) is 3.86. The standard InChI is InChI=1S/C13H12BrClO2S/c1-7-5-10(14)13(18-7)12(16)9-4-3-8(15)6-11(9)17-2/h3-6,12,16H,1-2H3. The minimum absolute atomic E-state index is 0.587. The van der Waals surface area contributed by atoms with Crippen molar-refractivity contribution in [3.8, 4) is 5.75 Å².